The highest BCUT2D eigenvalue weighted by atomic mass is 32.2. The molecule has 0 saturated carbocycles. The average Bonchev–Trinajstić information content (AvgIpc) is 2.75. The number of nitrogens with one attached hydrogen (secondary N) is 2. The van der Waals surface area contributed by atoms with E-state index in [0.29, 0.717) is 10.5 Å². The van der Waals surface area contributed by atoms with Gasteiger partial charge in [-0.15, -0.1) is 0 Å². The quantitative estimate of drug-likeness (QED) is 0.539. The number of esters is 1. The third-order valence-electron chi connectivity index (χ3n) is 4.42. The number of carbonyl (C=O) groups is 3. The normalized spacial score (nSPS) is 13.5. The van der Waals surface area contributed by atoms with Crippen molar-refractivity contribution in [2.45, 2.75) is 36.7 Å². The van der Waals surface area contributed by atoms with Crippen LogP contribution in [0.2, 0.25) is 0 Å². The molecule has 0 aliphatic heterocycles. The zero-order valence-corrected chi connectivity index (χ0v) is 18.1. The molecule has 2 aromatic carbocycles. The number of methoxy groups -OCH3 is 1. The Balaban J connectivity index is 2.08. The summed E-state index contributed by atoms with van der Waals surface area (Å²) in [6.07, 6.45) is 0.111. The average molecular weight is 449 g/mol. The molecule has 0 fully saturated rings. The molecule has 166 valence electrons. The summed E-state index contributed by atoms with van der Waals surface area (Å²) in [5.41, 5.74) is 0.508. The van der Waals surface area contributed by atoms with Crippen molar-refractivity contribution in [1.82, 2.24) is 10.6 Å². The van der Waals surface area contributed by atoms with Crippen LogP contribution in [0.3, 0.4) is 0 Å². The lowest BCUT2D eigenvalue weighted by molar-refractivity contribution is -0.145. The van der Waals surface area contributed by atoms with Gasteiger partial charge in [0.2, 0.25) is 11.8 Å². The molecular formula is C22H25FN2O5S. The van der Waals surface area contributed by atoms with Crippen molar-refractivity contribution in [1.29, 1.82) is 0 Å². The van der Waals surface area contributed by atoms with E-state index < -0.39 is 46.5 Å². The lowest BCUT2D eigenvalue weighted by Crippen LogP contribution is -2.52. The Kier molecular flexibility index (Phi) is 9.33. The Hall–Kier alpha value is -3.07. The van der Waals surface area contributed by atoms with Crippen LogP contribution in [0, 0.1) is 5.82 Å². The largest absolute Gasteiger partial charge is 0.467 e. The van der Waals surface area contributed by atoms with Crippen LogP contribution in [0.1, 0.15) is 18.9 Å². The van der Waals surface area contributed by atoms with Crippen molar-refractivity contribution >= 4 is 28.6 Å². The highest BCUT2D eigenvalue weighted by Gasteiger charge is 2.27. The van der Waals surface area contributed by atoms with E-state index in [9.17, 15) is 23.0 Å². The Bertz CT molecular complexity index is 939. The van der Waals surface area contributed by atoms with Crippen molar-refractivity contribution in [3.63, 3.8) is 0 Å². The lowest BCUT2D eigenvalue weighted by atomic mass is 10.0. The van der Waals surface area contributed by atoms with E-state index in [1.165, 1.54) is 32.2 Å². The summed E-state index contributed by atoms with van der Waals surface area (Å²) < 4.78 is 30.7. The number of amides is 2. The van der Waals surface area contributed by atoms with Crippen molar-refractivity contribution in [3.8, 4) is 0 Å². The van der Waals surface area contributed by atoms with Gasteiger partial charge in [0.15, 0.2) is 0 Å². The molecule has 0 heterocycles. The van der Waals surface area contributed by atoms with Crippen molar-refractivity contribution in [2.75, 3.05) is 12.9 Å². The van der Waals surface area contributed by atoms with Crippen LogP contribution in [0.4, 0.5) is 4.39 Å². The van der Waals surface area contributed by atoms with E-state index in [2.05, 4.69) is 10.6 Å². The smallest absolute Gasteiger partial charge is 0.328 e. The fourth-order valence-corrected chi connectivity index (χ4v) is 4.08. The van der Waals surface area contributed by atoms with Gasteiger partial charge in [0.1, 0.15) is 17.9 Å². The zero-order valence-electron chi connectivity index (χ0n) is 17.3. The molecule has 0 spiro atoms. The number of halogens is 1. The second-order valence-corrected chi connectivity index (χ2v) is 8.39. The van der Waals surface area contributed by atoms with Gasteiger partial charge in [-0.25, -0.2) is 9.18 Å². The molecule has 2 aromatic rings. The zero-order chi connectivity index (χ0) is 22.8. The van der Waals surface area contributed by atoms with Gasteiger partial charge in [0, 0.05) is 24.0 Å². The summed E-state index contributed by atoms with van der Waals surface area (Å²) in [4.78, 5) is 37.2. The Morgan fingerprint density at radius 2 is 1.74 bits per heavy atom. The van der Waals surface area contributed by atoms with Crippen molar-refractivity contribution < 1.29 is 27.7 Å². The molecule has 9 heteroatoms. The van der Waals surface area contributed by atoms with Gasteiger partial charge in [-0.2, -0.15) is 0 Å². The van der Waals surface area contributed by atoms with Crippen LogP contribution in [-0.4, -0.2) is 46.9 Å². The van der Waals surface area contributed by atoms with E-state index in [1.807, 2.05) is 0 Å². The number of rotatable bonds is 10. The maximum absolute atomic E-state index is 13.5. The summed E-state index contributed by atoms with van der Waals surface area (Å²) in [6.45, 7) is 1.26. The van der Waals surface area contributed by atoms with Crippen LogP contribution >= 0.6 is 0 Å². The molecule has 0 aromatic heterocycles. The molecule has 2 rings (SSSR count). The van der Waals surface area contributed by atoms with Crippen LogP contribution in [-0.2, 0) is 36.3 Å². The molecule has 2 N–H and O–H groups in total. The monoisotopic (exact) mass is 448 g/mol. The van der Waals surface area contributed by atoms with Crippen LogP contribution in [0.15, 0.2) is 59.5 Å². The molecule has 0 unspecified atom stereocenters. The third kappa shape index (κ3) is 7.93. The third-order valence-corrected chi connectivity index (χ3v) is 5.83. The fourth-order valence-electron chi connectivity index (χ4n) is 2.93. The maximum atomic E-state index is 13.5. The molecular weight excluding hydrogens is 423 g/mol. The molecule has 0 radical (unpaired) electrons. The molecule has 0 aliphatic rings. The second kappa shape index (κ2) is 11.9. The highest BCUT2D eigenvalue weighted by Crippen LogP contribution is 2.10. The van der Waals surface area contributed by atoms with Gasteiger partial charge in [-0.3, -0.25) is 13.8 Å². The maximum Gasteiger partial charge on any atom is 0.328 e. The molecule has 0 bridgehead atoms. The SMILES string of the molecule is COC(=O)[C@H](CC[S@](=O)c1ccccc1)NC(=O)[C@@H](Cc1cccc(F)c1)NC(C)=O. The summed E-state index contributed by atoms with van der Waals surface area (Å²) in [7, 11) is -0.174. The Morgan fingerprint density at radius 1 is 1.03 bits per heavy atom. The van der Waals surface area contributed by atoms with E-state index >= 15 is 0 Å². The number of carbonyl (C=O) groups excluding carboxylic acids is 3. The first-order valence-corrected chi connectivity index (χ1v) is 10.9. The first-order chi connectivity index (χ1) is 14.8. The van der Waals surface area contributed by atoms with E-state index in [1.54, 1.807) is 36.4 Å². The van der Waals surface area contributed by atoms with Gasteiger partial charge in [0.25, 0.3) is 0 Å². The van der Waals surface area contributed by atoms with E-state index in [-0.39, 0.29) is 18.6 Å². The summed E-state index contributed by atoms with van der Waals surface area (Å²) >= 11 is 0. The van der Waals surface area contributed by atoms with Gasteiger partial charge >= 0.3 is 5.97 Å². The number of hydrogen-bond donors (Lipinski definition) is 2. The molecule has 7 nitrogen and oxygen atoms in total. The minimum atomic E-state index is -1.36. The van der Waals surface area contributed by atoms with Gasteiger partial charge in [-0.05, 0) is 36.2 Å². The number of benzene rings is 2. The predicted molar refractivity (Wildman–Crippen MR) is 114 cm³/mol. The van der Waals surface area contributed by atoms with Crippen molar-refractivity contribution in [2.24, 2.45) is 0 Å². The lowest BCUT2D eigenvalue weighted by Gasteiger charge is -2.22. The summed E-state index contributed by atoms with van der Waals surface area (Å²) in [6, 6.07) is 12.4. The summed E-state index contributed by atoms with van der Waals surface area (Å²) in [5.74, 6) is -2.10. The molecule has 0 aliphatic carbocycles. The molecule has 31 heavy (non-hydrogen) atoms. The van der Waals surface area contributed by atoms with E-state index in [0.717, 1.165) is 0 Å². The predicted octanol–water partition coefficient (Wildman–Crippen LogP) is 1.73. The Morgan fingerprint density at radius 3 is 2.35 bits per heavy atom. The van der Waals surface area contributed by atoms with Crippen LogP contribution in [0.5, 0.6) is 0 Å². The first kappa shape index (κ1) is 24.2. The minimum Gasteiger partial charge on any atom is -0.467 e. The van der Waals surface area contributed by atoms with Crippen LogP contribution in [0.25, 0.3) is 0 Å². The molecule has 2 amide bonds. The van der Waals surface area contributed by atoms with Gasteiger partial charge in [-0.1, -0.05) is 30.3 Å². The second-order valence-electron chi connectivity index (χ2n) is 6.82. The Labute approximate surface area is 182 Å². The number of ether oxygens (including phenoxy) is 1. The van der Waals surface area contributed by atoms with Gasteiger partial charge in [0.05, 0.1) is 17.9 Å². The standard InChI is InChI=1S/C22H25FN2O5S/c1-15(26)24-20(14-16-7-6-8-17(23)13-16)21(27)25-19(22(28)30-2)11-12-31(29)18-9-4-3-5-10-18/h3-10,13,19-20H,11-12,14H2,1-2H3,(H,24,26)(H,25,27)/t19-,20+,31-/m0/s1. The van der Waals surface area contributed by atoms with Crippen molar-refractivity contribution in [3.05, 3.63) is 66.0 Å². The molecule has 3 atom stereocenters. The minimum absolute atomic E-state index is 0.0347. The highest BCUT2D eigenvalue weighted by molar-refractivity contribution is 7.85. The number of hydrogen-bond acceptors (Lipinski definition) is 5. The molecule has 0 saturated heterocycles. The topological polar surface area (TPSA) is 102 Å². The first-order valence-electron chi connectivity index (χ1n) is 9.63. The summed E-state index contributed by atoms with van der Waals surface area (Å²) in [5, 5.41) is 5.07. The van der Waals surface area contributed by atoms with Gasteiger partial charge < -0.3 is 15.4 Å². The van der Waals surface area contributed by atoms with Crippen LogP contribution < -0.4 is 10.6 Å². The van der Waals surface area contributed by atoms with E-state index in [4.69, 9.17) is 4.74 Å². The fraction of sp³-hybridized carbons (Fsp3) is 0.318.